The quantitative estimate of drug-likeness (QED) is 0.144. The van der Waals surface area contributed by atoms with E-state index in [1.807, 2.05) is 27.7 Å². The normalized spacial score (nSPS) is 11.6. The van der Waals surface area contributed by atoms with Gasteiger partial charge in [0.05, 0.1) is 0 Å². The Balaban J connectivity index is 0.000000100. The molecule has 0 radical (unpaired) electrons. The van der Waals surface area contributed by atoms with Crippen LogP contribution in [-0.2, 0) is 60.3 Å². The first-order chi connectivity index (χ1) is 65.3. The molecule has 133 heavy (non-hydrogen) atoms. The predicted molar refractivity (Wildman–Crippen MR) is 574 cm³/mol. The second-order valence-corrected chi connectivity index (χ2v) is 34.9. The number of hydrogen-bond acceptors (Lipinski definition) is 0. The molecular weight excluding hydrogens is 1610 g/mol. The average molecular weight is 1720 g/mol. The van der Waals surface area contributed by atoms with Crippen molar-refractivity contribution in [3.8, 4) is 55.6 Å². The third kappa shape index (κ3) is 17.8. The van der Waals surface area contributed by atoms with E-state index in [0.717, 1.165) is 32.1 Å². The Bertz CT molecular complexity index is 7550. The lowest BCUT2D eigenvalue weighted by Crippen LogP contribution is -1.87. The number of aromatic nitrogens is 4. The zero-order chi connectivity index (χ0) is 91.6. The van der Waals surface area contributed by atoms with Gasteiger partial charge in [0, 0.05) is 115 Å². The highest BCUT2D eigenvalue weighted by Crippen LogP contribution is 2.46. The van der Waals surface area contributed by atoms with Crippen LogP contribution in [0.4, 0.5) is 0 Å². The van der Waals surface area contributed by atoms with Crippen LogP contribution in [-0.4, -0.2) is 18.3 Å². The number of fused-ring (bicyclic) bond motifs is 29. The molecule has 5 aliphatic carbocycles. The Kier molecular flexibility index (Phi) is 26.5. The molecule has 0 fully saturated rings. The number of rotatable bonds is 0. The lowest BCUT2D eigenvalue weighted by molar-refractivity contribution is 1.01. The van der Waals surface area contributed by atoms with E-state index < -0.39 is 0 Å². The van der Waals surface area contributed by atoms with E-state index >= 15 is 0 Å². The van der Waals surface area contributed by atoms with E-state index in [0.29, 0.717) is 0 Å². The molecule has 4 aromatic heterocycles. The Morgan fingerprint density at radius 2 is 0.429 bits per heavy atom. The maximum Gasteiger partial charge on any atom is 0.0495 e. The summed E-state index contributed by atoms with van der Waals surface area (Å²) in [5.41, 5.74) is 44.8. The second kappa shape index (κ2) is 39.9. The molecular formula is C129H116N4. The largest absolute Gasteiger partial charge is 0.344 e. The fourth-order valence-corrected chi connectivity index (χ4v) is 20.7. The van der Waals surface area contributed by atoms with E-state index in [1.165, 1.54) is 232 Å². The van der Waals surface area contributed by atoms with Crippen molar-refractivity contribution in [3.05, 3.63) is 503 Å². The van der Waals surface area contributed by atoms with E-state index in [9.17, 15) is 0 Å². The SMILES string of the molecule is CC.CC.Cc1cc(C)c2ccccc2c1.Cc1ccc2c(c1)Cc1ccccc1-2.Cc1cccc2c1-c1ccccc1C2.Cn1c2ccccc2c2c3c(ccc21)Cc1ccccc1-3.Cn1c2ccccc2c2ccccc21.Cn1c2ccccc2c2ccccc21.Cn1c2ccccc2c2ccccc21.c1ccc2c(c1)Cc1ccccc1-2.c1ccc2c(c1)Cc1ccccc1-2. The standard InChI is InChI=1S/C20H15N.2C14H12.3C13H11N.2C13H10.C12H12.2C2H6/c1-21-17-9-5-4-8-16(17)20-18(21)11-10-14-12-13-6-2-3-7-15(13)19(14)20;1-10-5-4-7-12-9-11-6-2-3-8-13(11)14(10)12;1-10-6-7-14-12(8-10)9-11-4-2-3-5-13(11)14;3*1-14-12-8-4-2-6-10(12)11-7-3-5-9-13(11)14;2*1-3-7-12-10(5-1)9-11-6-2-4-8-13(11)12;1-9-7-10(2)12-6-4-3-5-11(12)8-9;2*1-2/h2-11H,12H2,1H3;2*2-8H,9H2,1H3;3*2-9H,1H3;2*1-8H,9H2;3-8H,1-2H3;2*1-2H3. The van der Waals surface area contributed by atoms with Gasteiger partial charge < -0.3 is 18.3 Å². The minimum atomic E-state index is 1.06. The smallest absolute Gasteiger partial charge is 0.0495 e. The van der Waals surface area contributed by atoms with Gasteiger partial charge in [-0.2, -0.15) is 0 Å². The molecule has 28 rings (SSSR count). The van der Waals surface area contributed by atoms with Crippen molar-refractivity contribution in [2.45, 2.75) is 87.5 Å². The van der Waals surface area contributed by atoms with Gasteiger partial charge in [-0.05, 0) is 241 Å². The highest BCUT2D eigenvalue weighted by atomic mass is 15.0. The van der Waals surface area contributed by atoms with E-state index in [4.69, 9.17) is 0 Å². The molecule has 0 amide bonds. The number of aryl methyl sites for hydroxylation is 8. The molecule has 0 unspecified atom stereocenters. The topological polar surface area (TPSA) is 19.7 Å². The van der Waals surface area contributed by atoms with Gasteiger partial charge in [-0.1, -0.05) is 415 Å². The molecule has 0 spiro atoms. The van der Waals surface area contributed by atoms with Crippen LogP contribution in [0.2, 0.25) is 0 Å². The molecule has 0 N–H and O–H groups in total. The van der Waals surface area contributed by atoms with E-state index in [1.54, 1.807) is 0 Å². The summed E-state index contributed by atoms with van der Waals surface area (Å²) in [6.07, 6.45) is 5.48. The number of hydrogen-bond donors (Lipinski definition) is 0. The molecule has 5 aliphatic rings. The first-order valence-electron chi connectivity index (χ1n) is 47.3. The minimum Gasteiger partial charge on any atom is -0.344 e. The summed E-state index contributed by atoms with van der Waals surface area (Å²) in [5, 5.41) is 13.5. The highest BCUT2D eigenvalue weighted by Gasteiger charge is 2.25. The van der Waals surface area contributed by atoms with Crippen molar-refractivity contribution in [2.75, 3.05) is 0 Å². The molecule has 0 bridgehead atoms. The van der Waals surface area contributed by atoms with Gasteiger partial charge in [-0.15, -0.1) is 0 Å². The van der Waals surface area contributed by atoms with Gasteiger partial charge in [0.1, 0.15) is 0 Å². The molecule has 652 valence electrons. The Labute approximate surface area is 784 Å². The van der Waals surface area contributed by atoms with Gasteiger partial charge >= 0.3 is 0 Å². The molecule has 0 atom stereocenters. The number of para-hydroxylation sites is 7. The van der Waals surface area contributed by atoms with Crippen LogP contribution in [0.25, 0.3) is 154 Å². The van der Waals surface area contributed by atoms with Crippen molar-refractivity contribution < 1.29 is 0 Å². The van der Waals surface area contributed by atoms with Crippen molar-refractivity contribution >= 4 is 98.0 Å². The van der Waals surface area contributed by atoms with Crippen LogP contribution < -0.4 is 0 Å². The Hall–Kier alpha value is -15.4. The first-order valence-corrected chi connectivity index (χ1v) is 47.3. The van der Waals surface area contributed by atoms with Gasteiger partial charge in [0.15, 0.2) is 0 Å². The second-order valence-electron chi connectivity index (χ2n) is 34.9. The summed E-state index contributed by atoms with van der Waals surface area (Å²) in [6.45, 7) is 16.7. The maximum absolute atomic E-state index is 2.31. The molecule has 0 saturated heterocycles. The summed E-state index contributed by atoms with van der Waals surface area (Å²) in [6, 6.07) is 152. The fraction of sp³-hybridized carbons (Fsp3) is 0.132. The summed E-state index contributed by atoms with van der Waals surface area (Å²) in [4.78, 5) is 0. The van der Waals surface area contributed by atoms with Gasteiger partial charge in [0.2, 0.25) is 0 Å². The van der Waals surface area contributed by atoms with Crippen LogP contribution in [0, 0.1) is 27.7 Å². The minimum absolute atomic E-state index is 1.06. The molecule has 4 heteroatoms. The van der Waals surface area contributed by atoms with Crippen molar-refractivity contribution in [1.29, 1.82) is 0 Å². The van der Waals surface area contributed by atoms with Gasteiger partial charge in [-0.25, -0.2) is 0 Å². The summed E-state index contributed by atoms with van der Waals surface area (Å²) in [5.74, 6) is 0. The third-order valence-electron chi connectivity index (χ3n) is 26.9. The zero-order valence-electron chi connectivity index (χ0n) is 78.7. The number of nitrogens with zero attached hydrogens (tertiary/aromatic N) is 4. The maximum atomic E-state index is 2.31. The van der Waals surface area contributed by atoms with Crippen molar-refractivity contribution in [3.63, 3.8) is 0 Å². The average Bonchev–Trinajstić information content (AvgIpc) is 1.55. The lowest BCUT2D eigenvalue weighted by Gasteiger charge is -2.04. The summed E-state index contributed by atoms with van der Waals surface area (Å²) >= 11 is 0. The van der Waals surface area contributed by atoms with Crippen molar-refractivity contribution in [2.24, 2.45) is 28.2 Å². The molecule has 19 aromatic carbocycles. The monoisotopic (exact) mass is 1720 g/mol. The molecule has 23 aromatic rings. The summed E-state index contributed by atoms with van der Waals surface area (Å²) in [7, 11) is 8.51. The van der Waals surface area contributed by atoms with Gasteiger partial charge in [-0.3, -0.25) is 0 Å². The highest BCUT2D eigenvalue weighted by molar-refractivity contribution is 6.17. The molecule has 4 heterocycles. The van der Waals surface area contributed by atoms with Crippen LogP contribution >= 0.6 is 0 Å². The Morgan fingerprint density at radius 1 is 0.165 bits per heavy atom. The summed E-state index contributed by atoms with van der Waals surface area (Å²) < 4.78 is 9.03. The van der Waals surface area contributed by atoms with Crippen LogP contribution in [0.3, 0.4) is 0 Å². The van der Waals surface area contributed by atoms with Gasteiger partial charge in [0.25, 0.3) is 0 Å². The fourth-order valence-electron chi connectivity index (χ4n) is 20.7. The third-order valence-corrected chi connectivity index (χ3v) is 26.9. The molecule has 4 nitrogen and oxygen atoms in total. The predicted octanol–water partition coefficient (Wildman–Crippen LogP) is 34.1. The Morgan fingerprint density at radius 3 is 0.812 bits per heavy atom. The van der Waals surface area contributed by atoms with Crippen molar-refractivity contribution in [1.82, 2.24) is 18.3 Å². The lowest BCUT2D eigenvalue weighted by atomic mass is 9.99. The van der Waals surface area contributed by atoms with E-state index in [-0.39, 0.29) is 0 Å². The molecule has 0 aliphatic heterocycles. The van der Waals surface area contributed by atoms with E-state index in [2.05, 4.69) is 499 Å². The van der Waals surface area contributed by atoms with Crippen LogP contribution in [0.15, 0.2) is 425 Å². The molecule has 0 saturated carbocycles. The van der Waals surface area contributed by atoms with Crippen LogP contribution in [0.5, 0.6) is 0 Å². The van der Waals surface area contributed by atoms with Crippen LogP contribution in [0.1, 0.15) is 106 Å². The first kappa shape index (κ1) is 88.3. The number of benzene rings is 19. The zero-order valence-corrected chi connectivity index (χ0v) is 78.7.